The summed E-state index contributed by atoms with van der Waals surface area (Å²) in [6.07, 6.45) is 2.08. The number of rotatable bonds is 6. The van der Waals surface area contributed by atoms with E-state index in [0.29, 0.717) is 5.02 Å². The van der Waals surface area contributed by atoms with Gasteiger partial charge in [0.1, 0.15) is 6.04 Å². The third kappa shape index (κ3) is 4.86. The first-order valence-electron chi connectivity index (χ1n) is 6.04. The van der Waals surface area contributed by atoms with Gasteiger partial charge in [-0.15, -0.1) is 0 Å². The van der Waals surface area contributed by atoms with Crippen molar-refractivity contribution in [2.24, 2.45) is 0 Å². The lowest BCUT2D eigenvalue weighted by Gasteiger charge is -2.16. The molecule has 0 aliphatic heterocycles. The van der Waals surface area contributed by atoms with E-state index < -0.39 is 0 Å². The van der Waals surface area contributed by atoms with Crippen LogP contribution in [0.25, 0.3) is 0 Å². The Bertz CT molecular complexity index is 412. The first-order chi connectivity index (χ1) is 8.54. The summed E-state index contributed by atoms with van der Waals surface area (Å²) in [5.74, 6) is 0.00491. The Balaban J connectivity index is 2.53. The van der Waals surface area contributed by atoms with Gasteiger partial charge in [-0.25, -0.2) is 0 Å². The predicted molar refractivity (Wildman–Crippen MR) is 80.2 cm³/mol. The van der Waals surface area contributed by atoms with Crippen molar-refractivity contribution < 1.29 is 4.79 Å². The van der Waals surface area contributed by atoms with Gasteiger partial charge in [0.2, 0.25) is 5.91 Å². The molecule has 0 aromatic heterocycles. The van der Waals surface area contributed by atoms with E-state index in [1.54, 1.807) is 12.1 Å². The van der Waals surface area contributed by atoms with Crippen LogP contribution in [-0.4, -0.2) is 18.5 Å². The maximum Gasteiger partial charge on any atom is 0.242 e. The monoisotopic (exact) mass is 332 g/mol. The number of anilines is 1. The van der Waals surface area contributed by atoms with E-state index in [2.05, 4.69) is 33.5 Å². The smallest absolute Gasteiger partial charge is 0.242 e. The summed E-state index contributed by atoms with van der Waals surface area (Å²) in [5.41, 5.74) is 0.859. The van der Waals surface area contributed by atoms with Crippen LogP contribution in [0.3, 0.4) is 0 Å². The second-order valence-corrected chi connectivity index (χ2v) is 5.43. The third-order valence-corrected chi connectivity index (χ3v) is 3.42. The van der Waals surface area contributed by atoms with E-state index in [9.17, 15) is 4.79 Å². The van der Waals surface area contributed by atoms with E-state index in [-0.39, 0.29) is 11.9 Å². The molecule has 0 saturated carbocycles. The molecule has 0 radical (unpaired) electrons. The van der Waals surface area contributed by atoms with Crippen molar-refractivity contribution in [1.82, 2.24) is 5.32 Å². The van der Waals surface area contributed by atoms with Crippen LogP contribution in [0, 0.1) is 0 Å². The topological polar surface area (TPSA) is 41.1 Å². The molecule has 0 saturated heterocycles. The number of nitrogens with one attached hydrogen (secondary N) is 2. The zero-order valence-corrected chi connectivity index (χ0v) is 12.9. The summed E-state index contributed by atoms with van der Waals surface area (Å²) in [7, 11) is 0. The molecule has 5 heteroatoms. The largest absolute Gasteiger partial charge is 0.373 e. The van der Waals surface area contributed by atoms with Crippen LogP contribution in [0.4, 0.5) is 5.69 Å². The van der Waals surface area contributed by atoms with Crippen LogP contribution in [0.2, 0.25) is 5.02 Å². The first kappa shape index (κ1) is 15.3. The standard InChI is InChI=1S/C13H18BrClN2O/c1-3-4-7-16-13(18)9(2)17-12-6-5-10(15)8-11(12)14/h5-6,8-9,17H,3-4,7H2,1-2H3,(H,16,18). The van der Waals surface area contributed by atoms with Crippen LogP contribution in [0.5, 0.6) is 0 Å². The van der Waals surface area contributed by atoms with Gasteiger partial charge >= 0.3 is 0 Å². The minimum absolute atomic E-state index is 0.00491. The highest BCUT2D eigenvalue weighted by Crippen LogP contribution is 2.26. The molecule has 1 rings (SSSR count). The molecule has 2 N–H and O–H groups in total. The number of carbonyl (C=O) groups is 1. The van der Waals surface area contributed by atoms with Crippen molar-refractivity contribution >= 4 is 39.1 Å². The SMILES string of the molecule is CCCCNC(=O)C(C)Nc1ccc(Cl)cc1Br. The van der Waals surface area contributed by atoms with E-state index >= 15 is 0 Å². The summed E-state index contributed by atoms with van der Waals surface area (Å²) in [6.45, 7) is 4.66. The average Bonchev–Trinajstić information content (AvgIpc) is 2.32. The predicted octanol–water partition coefficient (Wildman–Crippen LogP) is 3.82. The number of carbonyl (C=O) groups excluding carboxylic acids is 1. The number of hydrogen-bond donors (Lipinski definition) is 2. The second-order valence-electron chi connectivity index (χ2n) is 4.13. The van der Waals surface area contributed by atoms with Gasteiger partial charge < -0.3 is 10.6 Å². The maximum atomic E-state index is 11.8. The molecule has 0 spiro atoms. The lowest BCUT2D eigenvalue weighted by molar-refractivity contribution is -0.121. The molecule has 18 heavy (non-hydrogen) atoms. The second kappa shape index (κ2) is 7.64. The quantitative estimate of drug-likeness (QED) is 0.777. The van der Waals surface area contributed by atoms with Crippen LogP contribution < -0.4 is 10.6 Å². The number of halogens is 2. The van der Waals surface area contributed by atoms with E-state index in [4.69, 9.17) is 11.6 Å². The van der Waals surface area contributed by atoms with Gasteiger partial charge in [0.15, 0.2) is 0 Å². The van der Waals surface area contributed by atoms with Gasteiger partial charge in [0, 0.05) is 21.7 Å². The molecule has 0 aliphatic rings. The molecule has 1 aromatic carbocycles. The van der Waals surface area contributed by atoms with E-state index in [1.165, 1.54) is 0 Å². The molecule has 1 amide bonds. The Labute approximate surface area is 121 Å². The Kier molecular flexibility index (Phi) is 6.50. The molecule has 0 bridgehead atoms. The van der Waals surface area contributed by atoms with Crippen LogP contribution >= 0.6 is 27.5 Å². The normalized spacial score (nSPS) is 12.0. The van der Waals surface area contributed by atoms with Gasteiger partial charge in [-0.3, -0.25) is 4.79 Å². The van der Waals surface area contributed by atoms with Crippen molar-refractivity contribution in [3.05, 3.63) is 27.7 Å². The highest BCUT2D eigenvalue weighted by Gasteiger charge is 2.13. The Morgan fingerprint density at radius 3 is 2.83 bits per heavy atom. The highest BCUT2D eigenvalue weighted by molar-refractivity contribution is 9.10. The van der Waals surface area contributed by atoms with Crippen molar-refractivity contribution in [2.75, 3.05) is 11.9 Å². The lowest BCUT2D eigenvalue weighted by atomic mass is 10.2. The minimum atomic E-state index is -0.278. The summed E-state index contributed by atoms with van der Waals surface area (Å²) >= 11 is 9.27. The summed E-state index contributed by atoms with van der Waals surface area (Å²) in [5, 5.41) is 6.70. The fourth-order valence-corrected chi connectivity index (χ4v) is 2.24. The molecule has 0 heterocycles. The summed E-state index contributed by atoms with van der Waals surface area (Å²) < 4.78 is 0.850. The number of amides is 1. The minimum Gasteiger partial charge on any atom is -0.373 e. The van der Waals surface area contributed by atoms with Crippen molar-refractivity contribution in [1.29, 1.82) is 0 Å². The molecule has 3 nitrogen and oxygen atoms in total. The molecular formula is C13H18BrClN2O. The molecule has 100 valence electrons. The van der Waals surface area contributed by atoms with Gasteiger partial charge in [-0.2, -0.15) is 0 Å². The Morgan fingerprint density at radius 1 is 1.50 bits per heavy atom. The van der Waals surface area contributed by atoms with Crippen LogP contribution in [0.1, 0.15) is 26.7 Å². The third-order valence-electron chi connectivity index (χ3n) is 2.53. The molecular weight excluding hydrogens is 316 g/mol. The van der Waals surface area contributed by atoms with Crippen molar-refractivity contribution in [3.8, 4) is 0 Å². The molecule has 0 fully saturated rings. The zero-order chi connectivity index (χ0) is 13.5. The maximum absolute atomic E-state index is 11.8. The van der Waals surface area contributed by atoms with E-state index in [0.717, 1.165) is 29.5 Å². The van der Waals surface area contributed by atoms with Crippen LogP contribution in [0.15, 0.2) is 22.7 Å². The summed E-state index contributed by atoms with van der Waals surface area (Å²) in [4.78, 5) is 11.8. The number of hydrogen-bond acceptors (Lipinski definition) is 2. The van der Waals surface area contributed by atoms with Gasteiger partial charge in [0.05, 0.1) is 0 Å². The fourth-order valence-electron chi connectivity index (χ4n) is 1.45. The van der Waals surface area contributed by atoms with Crippen molar-refractivity contribution in [2.45, 2.75) is 32.7 Å². The van der Waals surface area contributed by atoms with Crippen LogP contribution in [-0.2, 0) is 4.79 Å². The fraction of sp³-hybridized carbons (Fsp3) is 0.462. The molecule has 1 atom stereocenters. The zero-order valence-electron chi connectivity index (χ0n) is 10.6. The number of benzene rings is 1. The van der Waals surface area contributed by atoms with Crippen molar-refractivity contribution in [3.63, 3.8) is 0 Å². The highest BCUT2D eigenvalue weighted by atomic mass is 79.9. The summed E-state index contributed by atoms with van der Waals surface area (Å²) in [6, 6.07) is 5.16. The molecule has 0 aliphatic carbocycles. The first-order valence-corrected chi connectivity index (χ1v) is 7.21. The number of unbranched alkanes of at least 4 members (excludes halogenated alkanes) is 1. The van der Waals surface area contributed by atoms with E-state index in [1.807, 2.05) is 13.0 Å². The Hall–Kier alpha value is -0.740. The lowest BCUT2D eigenvalue weighted by Crippen LogP contribution is -2.38. The van der Waals surface area contributed by atoms with Gasteiger partial charge in [-0.1, -0.05) is 24.9 Å². The van der Waals surface area contributed by atoms with Gasteiger partial charge in [-0.05, 0) is 47.5 Å². The average molecular weight is 334 g/mol. The molecule has 1 unspecified atom stereocenters. The molecule has 1 aromatic rings. The Morgan fingerprint density at radius 2 is 2.22 bits per heavy atom. The van der Waals surface area contributed by atoms with Gasteiger partial charge in [0.25, 0.3) is 0 Å².